The van der Waals surface area contributed by atoms with Crippen molar-refractivity contribution in [3.63, 3.8) is 0 Å². The minimum absolute atomic E-state index is 0. The van der Waals surface area contributed by atoms with Crippen molar-refractivity contribution in [1.82, 2.24) is 15.0 Å². The van der Waals surface area contributed by atoms with Crippen molar-refractivity contribution < 1.29 is 20.1 Å². The van der Waals surface area contributed by atoms with Crippen molar-refractivity contribution in [1.29, 1.82) is 0 Å². The molecule has 0 bridgehead atoms. The molecule has 0 unspecified atom stereocenters. The van der Waals surface area contributed by atoms with E-state index in [-0.39, 0.29) is 27.5 Å². The average molecular weight is 1230 g/mol. The maximum atomic E-state index is 4.97. The Morgan fingerprint density at radius 1 is 0.385 bits per heavy atom. The summed E-state index contributed by atoms with van der Waals surface area (Å²) in [5, 5.41) is 18.5. The SMILES string of the molecule is C.CC(C)Cc1cc(-c2[c-]cc3c4ccccc4c4ccccc4c3c2)ncc1[Si](C)(C)C.CC(C)Cc1cc(-c2ccc3c4ccccc4c4ccccc4c3c2)ncc1[Si](C)(C)C.[Ir].[c-]1ccccc1-c1ccccn1. The molecule has 3 aromatic heterocycles. The number of rotatable bonds is 9. The summed E-state index contributed by atoms with van der Waals surface area (Å²) in [5.41, 5.74) is 9.34. The Balaban J connectivity index is 0.000000166. The summed E-state index contributed by atoms with van der Waals surface area (Å²) in [7, 11) is -2.89. The fraction of sp³-hybridized carbons (Fsp3) is 0.208. The third-order valence-electron chi connectivity index (χ3n) is 14.5. The number of pyridine rings is 3. The molecular formula is C72H73IrN3Si2-2. The number of hydrogen-bond acceptors (Lipinski definition) is 3. The predicted octanol–water partition coefficient (Wildman–Crippen LogP) is 18.9. The van der Waals surface area contributed by atoms with E-state index in [9.17, 15) is 0 Å². The second kappa shape index (κ2) is 24.4. The molecule has 12 rings (SSSR count). The Kier molecular flexibility index (Phi) is 17.9. The fourth-order valence-corrected chi connectivity index (χ4v) is 14.2. The molecule has 0 amide bonds. The van der Waals surface area contributed by atoms with Gasteiger partial charge in [0.2, 0.25) is 0 Å². The molecule has 12 aromatic rings. The zero-order valence-electron chi connectivity index (χ0n) is 46.3. The van der Waals surface area contributed by atoms with Crippen LogP contribution < -0.4 is 10.4 Å². The summed E-state index contributed by atoms with van der Waals surface area (Å²) in [6.07, 6.45) is 8.31. The molecular weight excluding hydrogens is 1160 g/mol. The van der Waals surface area contributed by atoms with Gasteiger partial charge in [0.1, 0.15) is 0 Å². The summed E-state index contributed by atoms with van der Waals surface area (Å²) in [6, 6.07) is 71.4. The van der Waals surface area contributed by atoms with Crippen LogP contribution in [0.5, 0.6) is 0 Å². The molecule has 3 heterocycles. The molecule has 395 valence electrons. The van der Waals surface area contributed by atoms with Crippen LogP contribution in [0.1, 0.15) is 46.2 Å². The van der Waals surface area contributed by atoms with Crippen LogP contribution in [0, 0.1) is 24.0 Å². The number of aromatic nitrogens is 3. The fourth-order valence-electron chi connectivity index (χ4n) is 11.0. The molecule has 0 aliphatic carbocycles. The maximum absolute atomic E-state index is 4.97. The van der Waals surface area contributed by atoms with Gasteiger partial charge in [-0.05, 0) is 119 Å². The van der Waals surface area contributed by atoms with Crippen LogP contribution in [0.4, 0.5) is 0 Å². The molecule has 9 aromatic carbocycles. The summed E-state index contributed by atoms with van der Waals surface area (Å²) in [6.45, 7) is 23.7. The van der Waals surface area contributed by atoms with Crippen molar-refractivity contribution >= 4 is 91.2 Å². The third-order valence-corrected chi connectivity index (χ3v) is 18.6. The van der Waals surface area contributed by atoms with Gasteiger partial charge >= 0.3 is 0 Å². The van der Waals surface area contributed by atoms with Crippen molar-refractivity contribution in [3.8, 4) is 33.8 Å². The average Bonchev–Trinajstić information content (AvgIpc) is 3.49. The first kappa shape index (κ1) is 57.3. The number of nitrogens with zero attached hydrogens (tertiary/aromatic N) is 3. The first-order valence-electron chi connectivity index (χ1n) is 27.1. The second-order valence-corrected chi connectivity index (χ2v) is 33.3. The molecule has 78 heavy (non-hydrogen) atoms. The maximum Gasteiger partial charge on any atom is 0.0799 e. The first-order chi connectivity index (χ1) is 36.6. The van der Waals surface area contributed by atoms with Crippen LogP contribution in [-0.4, -0.2) is 31.1 Å². The molecule has 0 fully saturated rings. The van der Waals surface area contributed by atoms with Gasteiger partial charge < -0.3 is 9.97 Å². The Hall–Kier alpha value is -6.93. The molecule has 3 nitrogen and oxygen atoms in total. The van der Waals surface area contributed by atoms with Crippen molar-refractivity contribution in [2.45, 2.75) is 87.2 Å². The first-order valence-corrected chi connectivity index (χ1v) is 34.1. The largest absolute Gasteiger partial charge is 0.305 e. The van der Waals surface area contributed by atoms with E-state index in [1.807, 2.05) is 42.5 Å². The predicted molar refractivity (Wildman–Crippen MR) is 342 cm³/mol. The van der Waals surface area contributed by atoms with Gasteiger partial charge in [0, 0.05) is 44.3 Å². The molecule has 0 aliphatic rings. The number of hydrogen-bond donors (Lipinski definition) is 0. The van der Waals surface area contributed by atoms with E-state index < -0.39 is 16.1 Å². The summed E-state index contributed by atoms with van der Waals surface area (Å²) >= 11 is 0. The van der Waals surface area contributed by atoms with Gasteiger partial charge in [-0.3, -0.25) is 4.98 Å². The summed E-state index contributed by atoms with van der Waals surface area (Å²) in [4.78, 5) is 14.1. The minimum Gasteiger partial charge on any atom is -0.305 e. The van der Waals surface area contributed by atoms with Crippen molar-refractivity contribution in [2.75, 3.05) is 0 Å². The normalized spacial score (nSPS) is 11.6. The molecule has 0 saturated carbocycles. The summed E-state index contributed by atoms with van der Waals surface area (Å²) in [5.74, 6) is 1.25. The Bertz CT molecular complexity index is 3690. The third kappa shape index (κ3) is 12.3. The van der Waals surface area contributed by atoms with Crippen LogP contribution >= 0.6 is 0 Å². The molecule has 0 aliphatic heterocycles. The quantitative estimate of drug-likeness (QED) is 0.0821. The van der Waals surface area contributed by atoms with Gasteiger partial charge in [-0.15, -0.1) is 59.7 Å². The van der Waals surface area contributed by atoms with Crippen LogP contribution in [-0.2, 0) is 32.9 Å². The van der Waals surface area contributed by atoms with Crippen LogP contribution in [0.25, 0.3) is 98.4 Å². The molecule has 0 N–H and O–H groups in total. The second-order valence-electron chi connectivity index (χ2n) is 23.3. The smallest absolute Gasteiger partial charge is 0.0799 e. The molecule has 0 spiro atoms. The van der Waals surface area contributed by atoms with Crippen LogP contribution in [0.2, 0.25) is 39.3 Å². The molecule has 1 radical (unpaired) electrons. The zero-order valence-corrected chi connectivity index (χ0v) is 50.7. The van der Waals surface area contributed by atoms with Crippen LogP contribution in [0.3, 0.4) is 0 Å². The van der Waals surface area contributed by atoms with Gasteiger partial charge in [0.15, 0.2) is 0 Å². The van der Waals surface area contributed by atoms with E-state index in [2.05, 4.69) is 236 Å². The van der Waals surface area contributed by atoms with Crippen molar-refractivity contribution in [3.05, 3.63) is 224 Å². The Morgan fingerprint density at radius 3 is 1.26 bits per heavy atom. The van der Waals surface area contributed by atoms with Crippen LogP contribution in [0.15, 0.2) is 201 Å². The van der Waals surface area contributed by atoms with Gasteiger partial charge in [-0.2, -0.15) is 0 Å². The molecule has 0 saturated heterocycles. The topological polar surface area (TPSA) is 38.7 Å². The molecule has 6 heteroatoms. The van der Waals surface area contributed by atoms with E-state index in [1.54, 1.807) is 6.20 Å². The van der Waals surface area contributed by atoms with Gasteiger partial charge in [0.05, 0.1) is 21.8 Å². The molecule has 0 atom stereocenters. The van der Waals surface area contributed by atoms with E-state index in [0.717, 1.165) is 41.1 Å². The standard InChI is InChI=1S/C30H31NSi.C30H30NSi.C11H8N.CH4.Ir/c2*1-20(2)16-22-18-29(31-19-30(22)32(3,4)5)21-14-15-27-25-12-7-6-10-23(25)24-11-8-9-13-26(24)28(27)17-21;1-2-6-10(7-3-1)11-8-4-5-9-12-11;;/h6-15,17-20H,16H2,1-5H3;6-13,15,17-20H,16H2,1-5H3;1-6,8-9H;1H4;/q;2*-1;;. The van der Waals surface area contributed by atoms with E-state index >= 15 is 0 Å². The monoisotopic (exact) mass is 1230 g/mol. The van der Waals surface area contributed by atoms with Crippen molar-refractivity contribution in [2.24, 2.45) is 11.8 Å². The van der Waals surface area contributed by atoms with E-state index in [1.165, 1.54) is 91.7 Å². The van der Waals surface area contributed by atoms with Gasteiger partial charge in [0.25, 0.3) is 0 Å². The minimum atomic E-state index is -1.45. The van der Waals surface area contributed by atoms with Gasteiger partial charge in [-0.1, -0.05) is 224 Å². The van der Waals surface area contributed by atoms with E-state index in [0.29, 0.717) is 11.8 Å². The Labute approximate surface area is 479 Å². The Morgan fingerprint density at radius 2 is 0.808 bits per heavy atom. The number of fused-ring (bicyclic) bond motifs is 12. The summed E-state index contributed by atoms with van der Waals surface area (Å²) < 4.78 is 0. The zero-order chi connectivity index (χ0) is 53.1. The van der Waals surface area contributed by atoms with Gasteiger partial charge in [-0.25, -0.2) is 0 Å². The van der Waals surface area contributed by atoms with E-state index in [4.69, 9.17) is 9.97 Å². The number of benzene rings is 9.